The number of benzene rings is 3. The molecule has 4 rings (SSSR count). The minimum atomic E-state index is -0.473. The van der Waals surface area contributed by atoms with Gasteiger partial charge in [0, 0.05) is 29.1 Å². The van der Waals surface area contributed by atoms with Crippen LogP contribution < -0.4 is 10.6 Å². The van der Waals surface area contributed by atoms with E-state index in [9.17, 15) is 19.7 Å². The number of nitrogens with one attached hydrogen (secondary N) is 2. The molecule has 0 aliphatic heterocycles. The summed E-state index contributed by atoms with van der Waals surface area (Å²) >= 11 is 0. The number of para-hydroxylation sites is 1. The quantitative estimate of drug-likeness (QED) is 0.210. The molecule has 3 aromatic carbocycles. The molecule has 0 unspecified atom stereocenters. The minimum Gasteiger partial charge on any atom is -0.456 e. The van der Waals surface area contributed by atoms with E-state index in [1.807, 2.05) is 6.07 Å². The Bertz CT molecular complexity index is 1360. The van der Waals surface area contributed by atoms with Crippen molar-refractivity contribution in [2.24, 2.45) is 0 Å². The van der Waals surface area contributed by atoms with E-state index in [0.29, 0.717) is 34.0 Å². The third kappa shape index (κ3) is 5.43. The van der Waals surface area contributed by atoms with Crippen molar-refractivity contribution in [3.8, 4) is 11.3 Å². The Hall–Kier alpha value is -4.98. The molecule has 0 radical (unpaired) electrons. The van der Waals surface area contributed by atoms with Gasteiger partial charge in [0.1, 0.15) is 11.5 Å². The maximum Gasteiger partial charge on any atom is 0.280 e. The van der Waals surface area contributed by atoms with E-state index in [4.69, 9.17) is 4.42 Å². The minimum absolute atomic E-state index is 0.0615. The average Bonchev–Trinajstić information content (AvgIpc) is 3.33. The van der Waals surface area contributed by atoms with E-state index >= 15 is 0 Å². The van der Waals surface area contributed by atoms with Gasteiger partial charge in [0.15, 0.2) is 0 Å². The van der Waals surface area contributed by atoms with Crippen LogP contribution in [0.3, 0.4) is 0 Å². The lowest BCUT2D eigenvalue weighted by Crippen LogP contribution is -2.12. The van der Waals surface area contributed by atoms with Gasteiger partial charge in [-0.3, -0.25) is 19.7 Å². The van der Waals surface area contributed by atoms with Gasteiger partial charge in [0.25, 0.3) is 11.6 Å². The molecule has 0 saturated carbocycles. The van der Waals surface area contributed by atoms with E-state index in [2.05, 4.69) is 10.6 Å². The van der Waals surface area contributed by atoms with Gasteiger partial charge in [-0.25, -0.2) is 0 Å². The Labute approximate surface area is 194 Å². The summed E-state index contributed by atoms with van der Waals surface area (Å²) in [5, 5.41) is 16.7. The van der Waals surface area contributed by atoms with Gasteiger partial charge in [-0.05, 0) is 60.7 Å². The molecule has 0 spiro atoms. The highest BCUT2D eigenvalue weighted by atomic mass is 16.6. The third-order valence-corrected chi connectivity index (χ3v) is 4.84. The lowest BCUT2D eigenvalue weighted by atomic mass is 10.1. The zero-order valence-corrected chi connectivity index (χ0v) is 17.8. The molecule has 0 aliphatic rings. The Morgan fingerprint density at radius 3 is 2.15 bits per heavy atom. The first-order valence-corrected chi connectivity index (χ1v) is 10.3. The van der Waals surface area contributed by atoms with Gasteiger partial charge in [-0.1, -0.05) is 30.3 Å². The van der Waals surface area contributed by atoms with E-state index in [1.54, 1.807) is 78.9 Å². The van der Waals surface area contributed by atoms with E-state index in [-0.39, 0.29) is 17.5 Å². The topological polar surface area (TPSA) is 114 Å². The van der Waals surface area contributed by atoms with Crippen LogP contribution in [0, 0.1) is 10.1 Å². The van der Waals surface area contributed by atoms with Crippen molar-refractivity contribution in [2.75, 3.05) is 10.6 Å². The highest BCUT2D eigenvalue weighted by Gasteiger charge is 2.16. The first kappa shape index (κ1) is 22.2. The fourth-order valence-corrected chi connectivity index (χ4v) is 3.20. The van der Waals surface area contributed by atoms with Gasteiger partial charge in [0.05, 0.1) is 10.5 Å². The highest BCUT2D eigenvalue weighted by Crippen LogP contribution is 2.31. The molecule has 1 heterocycles. The van der Waals surface area contributed by atoms with Gasteiger partial charge in [-0.15, -0.1) is 0 Å². The number of carbonyl (C=O) groups excluding carboxylic acids is 2. The third-order valence-electron chi connectivity index (χ3n) is 4.84. The number of amides is 2. The second-order valence-corrected chi connectivity index (χ2v) is 7.20. The summed E-state index contributed by atoms with van der Waals surface area (Å²) < 4.78 is 5.64. The smallest absolute Gasteiger partial charge is 0.280 e. The summed E-state index contributed by atoms with van der Waals surface area (Å²) in [6, 6.07) is 25.1. The second-order valence-electron chi connectivity index (χ2n) is 7.20. The highest BCUT2D eigenvalue weighted by molar-refractivity contribution is 6.05. The lowest BCUT2D eigenvalue weighted by Gasteiger charge is -2.07. The number of nitrogens with zero attached hydrogens (tertiary/aromatic N) is 1. The first-order valence-electron chi connectivity index (χ1n) is 10.3. The number of nitro benzene ring substituents is 1. The van der Waals surface area contributed by atoms with Crippen LogP contribution in [0.2, 0.25) is 0 Å². The molecule has 8 nitrogen and oxygen atoms in total. The van der Waals surface area contributed by atoms with E-state index < -0.39 is 4.92 Å². The number of rotatable bonds is 7. The van der Waals surface area contributed by atoms with Gasteiger partial charge in [0.2, 0.25) is 5.91 Å². The SMILES string of the molecule is O=C(C=Cc1ccc(-c2ccccc2[N+](=O)[O-])o1)Nc1ccc(NC(=O)c2ccccc2)cc1. The molecule has 2 N–H and O–H groups in total. The first-order chi connectivity index (χ1) is 16.5. The summed E-state index contributed by atoms with van der Waals surface area (Å²) in [5.74, 6) is 0.103. The van der Waals surface area contributed by atoms with Crippen molar-refractivity contribution >= 4 is 35.0 Å². The van der Waals surface area contributed by atoms with Gasteiger partial charge in [-0.2, -0.15) is 0 Å². The van der Waals surface area contributed by atoms with Crippen LogP contribution in [-0.4, -0.2) is 16.7 Å². The fraction of sp³-hybridized carbons (Fsp3) is 0. The Kier molecular flexibility index (Phi) is 6.60. The average molecular weight is 453 g/mol. The zero-order valence-electron chi connectivity index (χ0n) is 17.8. The summed E-state index contributed by atoms with van der Waals surface area (Å²) in [7, 11) is 0. The van der Waals surface area contributed by atoms with E-state index in [1.165, 1.54) is 18.2 Å². The molecule has 0 aliphatic carbocycles. The van der Waals surface area contributed by atoms with Crippen molar-refractivity contribution < 1.29 is 18.9 Å². The van der Waals surface area contributed by atoms with Crippen molar-refractivity contribution in [1.82, 2.24) is 0 Å². The standard InChI is InChI=1S/C26H19N3O5/c30-25(17-15-21-14-16-24(34-21)22-8-4-5-9-23(22)29(32)33)27-19-10-12-20(13-11-19)28-26(31)18-6-2-1-3-7-18/h1-17H,(H,27,30)(H,28,31). The predicted octanol–water partition coefficient (Wildman–Crippen LogP) is 5.76. The molecule has 8 heteroatoms. The Balaban J connectivity index is 1.36. The summed E-state index contributed by atoms with van der Waals surface area (Å²) in [6.07, 6.45) is 2.77. The van der Waals surface area contributed by atoms with Gasteiger partial charge < -0.3 is 15.1 Å². The zero-order chi connectivity index (χ0) is 23.9. The maximum atomic E-state index is 12.3. The molecular formula is C26H19N3O5. The van der Waals surface area contributed by atoms with Crippen molar-refractivity contribution in [3.63, 3.8) is 0 Å². The largest absolute Gasteiger partial charge is 0.456 e. The van der Waals surface area contributed by atoms with Crippen LogP contribution in [0.4, 0.5) is 17.1 Å². The lowest BCUT2D eigenvalue weighted by molar-refractivity contribution is -0.384. The van der Waals surface area contributed by atoms with Crippen LogP contribution in [0.25, 0.3) is 17.4 Å². The molecule has 4 aromatic rings. The molecule has 1 aromatic heterocycles. The van der Waals surface area contributed by atoms with E-state index in [0.717, 1.165) is 0 Å². The molecule has 0 bridgehead atoms. The summed E-state index contributed by atoms with van der Waals surface area (Å²) in [5.41, 5.74) is 1.99. The molecule has 34 heavy (non-hydrogen) atoms. The molecule has 168 valence electrons. The Morgan fingerprint density at radius 2 is 1.44 bits per heavy atom. The molecular weight excluding hydrogens is 434 g/mol. The van der Waals surface area contributed by atoms with Crippen LogP contribution in [0.5, 0.6) is 0 Å². The van der Waals surface area contributed by atoms with Crippen LogP contribution in [-0.2, 0) is 4.79 Å². The number of hydrogen-bond acceptors (Lipinski definition) is 5. The fourth-order valence-electron chi connectivity index (χ4n) is 3.20. The summed E-state index contributed by atoms with van der Waals surface area (Å²) in [6.45, 7) is 0. The molecule has 0 saturated heterocycles. The van der Waals surface area contributed by atoms with Crippen LogP contribution in [0.1, 0.15) is 16.1 Å². The van der Waals surface area contributed by atoms with Crippen LogP contribution >= 0.6 is 0 Å². The summed E-state index contributed by atoms with van der Waals surface area (Å²) in [4.78, 5) is 35.2. The maximum absolute atomic E-state index is 12.3. The number of furan rings is 1. The normalized spacial score (nSPS) is 10.7. The Morgan fingerprint density at radius 1 is 0.794 bits per heavy atom. The van der Waals surface area contributed by atoms with Crippen molar-refractivity contribution in [3.05, 3.63) is 119 Å². The number of nitro groups is 1. The monoisotopic (exact) mass is 453 g/mol. The number of anilines is 2. The van der Waals surface area contributed by atoms with Crippen LogP contribution in [0.15, 0.2) is 101 Å². The van der Waals surface area contributed by atoms with Crippen molar-refractivity contribution in [1.29, 1.82) is 0 Å². The van der Waals surface area contributed by atoms with Gasteiger partial charge >= 0.3 is 0 Å². The molecule has 0 atom stereocenters. The van der Waals surface area contributed by atoms with Crippen molar-refractivity contribution in [2.45, 2.75) is 0 Å². The second kappa shape index (κ2) is 10.1. The number of hydrogen-bond donors (Lipinski definition) is 2. The molecule has 2 amide bonds. The predicted molar refractivity (Wildman–Crippen MR) is 129 cm³/mol. The molecule has 0 fully saturated rings. The number of carbonyl (C=O) groups is 2.